The molecule has 1 N–H and O–H groups in total. The number of amides is 2. The number of carbonyl (C=O) groups is 1. The molecule has 0 saturated carbocycles. The highest BCUT2D eigenvalue weighted by Crippen LogP contribution is 2.15. The van der Waals surface area contributed by atoms with E-state index in [1.165, 1.54) is 6.42 Å². The number of hydrogen-bond acceptors (Lipinski definition) is 1. The Morgan fingerprint density at radius 1 is 1.47 bits per heavy atom. The van der Waals surface area contributed by atoms with Crippen molar-refractivity contribution >= 4 is 6.03 Å². The number of hydrogen-bond donors (Lipinski definition) is 1. The zero-order valence-corrected chi connectivity index (χ0v) is 10.3. The molecular formula is C12H24N2O. The van der Waals surface area contributed by atoms with Gasteiger partial charge in [-0.15, -0.1) is 0 Å². The van der Waals surface area contributed by atoms with Crippen molar-refractivity contribution in [3.8, 4) is 0 Å². The molecule has 0 radical (unpaired) electrons. The first-order valence-corrected chi connectivity index (χ1v) is 6.22. The lowest BCUT2D eigenvalue weighted by Gasteiger charge is -2.32. The maximum absolute atomic E-state index is 11.9. The van der Waals surface area contributed by atoms with Crippen LogP contribution in [0.2, 0.25) is 0 Å². The largest absolute Gasteiger partial charge is 0.335 e. The van der Waals surface area contributed by atoms with Gasteiger partial charge in [0, 0.05) is 19.1 Å². The summed E-state index contributed by atoms with van der Waals surface area (Å²) < 4.78 is 0. The van der Waals surface area contributed by atoms with Gasteiger partial charge < -0.3 is 10.2 Å². The molecule has 1 fully saturated rings. The molecule has 0 aromatic heterocycles. The average Bonchev–Trinajstić information content (AvgIpc) is 2.25. The predicted octanol–water partition coefficient (Wildman–Crippen LogP) is 2.62. The molecule has 1 atom stereocenters. The molecule has 0 aromatic carbocycles. The van der Waals surface area contributed by atoms with E-state index in [9.17, 15) is 4.79 Å². The Hall–Kier alpha value is -0.730. The van der Waals surface area contributed by atoms with Crippen molar-refractivity contribution in [1.82, 2.24) is 10.2 Å². The number of rotatable bonds is 3. The lowest BCUT2D eigenvalue weighted by Crippen LogP contribution is -2.48. The Bertz CT molecular complexity index is 202. The van der Waals surface area contributed by atoms with Gasteiger partial charge in [0.1, 0.15) is 0 Å². The maximum atomic E-state index is 11.9. The molecule has 0 aromatic rings. The first kappa shape index (κ1) is 12.3. The van der Waals surface area contributed by atoms with Crippen LogP contribution in [0.3, 0.4) is 0 Å². The first-order chi connectivity index (χ1) is 7.17. The molecule has 3 heteroatoms. The standard InChI is InChI=1S/C12H24N2O/c1-4-11(5-2)13-12(15)14-8-6-7-10(3)9-14/h10-11H,4-9H2,1-3H3,(H,13,15). The van der Waals surface area contributed by atoms with Crippen molar-refractivity contribution in [3.63, 3.8) is 0 Å². The highest BCUT2D eigenvalue weighted by molar-refractivity contribution is 5.74. The molecule has 2 amide bonds. The fourth-order valence-electron chi connectivity index (χ4n) is 2.13. The van der Waals surface area contributed by atoms with E-state index >= 15 is 0 Å². The Morgan fingerprint density at radius 2 is 2.13 bits per heavy atom. The van der Waals surface area contributed by atoms with E-state index in [4.69, 9.17) is 0 Å². The number of nitrogens with zero attached hydrogens (tertiary/aromatic N) is 1. The minimum Gasteiger partial charge on any atom is -0.335 e. The fraction of sp³-hybridized carbons (Fsp3) is 0.917. The molecule has 1 saturated heterocycles. The molecule has 1 heterocycles. The molecular weight excluding hydrogens is 188 g/mol. The molecule has 1 aliphatic heterocycles. The third-order valence-corrected chi connectivity index (χ3v) is 3.26. The van der Waals surface area contributed by atoms with Crippen LogP contribution in [0.15, 0.2) is 0 Å². The first-order valence-electron chi connectivity index (χ1n) is 6.22. The van der Waals surface area contributed by atoms with Crippen molar-refractivity contribution in [2.24, 2.45) is 5.92 Å². The monoisotopic (exact) mass is 212 g/mol. The van der Waals surface area contributed by atoms with Crippen LogP contribution in [0.25, 0.3) is 0 Å². The summed E-state index contributed by atoms with van der Waals surface area (Å²) in [6.45, 7) is 8.30. The highest BCUT2D eigenvalue weighted by atomic mass is 16.2. The summed E-state index contributed by atoms with van der Waals surface area (Å²) in [6.07, 6.45) is 4.45. The molecule has 0 aliphatic carbocycles. The van der Waals surface area contributed by atoms with Crippen LogP contribution in [-0.2, 0) is 0 Å². The molecule has 1 unspecified atom stereocenters. The molecule has 1 rings (SSSR count). The summed E-state index contributed by atoms with van der Waals surface area (Å²) in [6, 6.07) is 0.477. The summed E-state index contributed by atoms with van der Waals surface area (Å²) in [7, 11) is 0. The number of nitrogens with one attached hydrogen (secondary N) is 1. The topological polar surface area (TPSA) is 32.3 Å². The van der Waals surface area contributed by atoms with Crippen molar-refractivity contribution in [1.29, 1.82) is 0 Å². The summed E-state index contributed by atoms with van der Waals surface area (Å²) in [5, 5.41) is 3.09. The summed E-state index contributed by atoms with van der Waals surface area (Å²) in [4.78, 5) is 13.9. The van der Waals surface area contributed by atoms with Crippen LogP contribution in [0.5, 0.6) is 0 Å². The maximum Gasteiger partial charge on any atom is 0.317 e. The van der Waals surface area contributed by atoms with E-state index in [0.29, 0.717) is 12.0 Å². The molecule has 15 heavy (non-hydrogen) atoms. The minimum absolute atomic E-state index is 0.134. The molecule has 0 spiro atoms. The summed E-state index contributed by atoms with van der Waals surface area (Å²) in [5.74, 6) is 0.659. The average molecular weight is 212 g/mol. The Labute approximate surface area is 93.2 Å². The van der Waals surface area contributed by atoms with E-state index in [-0.39, 0.29) is 6.03 Å². The highest BCUT2D eigenvalue weighted by Gasteiger charge is 2.21. The third kappa shape index (κ3) is 3.73. The SMILES string of the molecule is CCC(CC)NC(=O)N1CCCC(C)C1. The van der Waals surface area contributed by atoms with E-state index in [0.717, 1.165) is 32.4 Å². The van der Waals surface area contributed by atoms with Gasteiger partial charge in [0.05, 0.1) is 0 Å². The predicted molar refractivity (Wildman–Crippen MR) is 62.9 cm³/mol. The van der Waals surface area contributed by atoms with Crippen molar-refractivity contribution in [3.05, 3.63) is 0 Å². The van der Waals surface area contributed by atoms with Crippen molar-refractivity contribution in [2.45, 2.75) is 52.5 Å². The second-order valence-electron chi connectivity index (χ2n) is 4.66. The van der Waals surface area contributed by atoms with Crippen molar-refractivity contribution in [2.75, 3.05) is 13.1 Å². The van der Waals surface area contributed by atoms with E-state index in [2.05, 4.69) is 26.1 Å². The minimum atomic E-state index is 0.134. The van der Waals surface area contributed by atoms with Gasteiger partial charge in [-0.25, -0.2) is 4.79 Å². The third-order valence-electron chi connectivity index (χ3n) is 3.26. The van der Waals surface area contributed by atoms with Gasteiger partial charge in [-0.3, -0.25) is 0 Å². The van der Waals surface area contributed by atoms with Crippen LogP contribution in [-0.4, -0.2) is 30.1 Å². The molecule has 88 valence electrons. The summed E-state index contributed by atoms with van der Waals surface area (Å²) in [5.41, 5.74) is 0. The van der Waals surface area contributed by atoms with Gasteiger partial charge in [-0.2, -0.15) is 0 Å². The molecule has 1 aliphatic rings. The number of urea groups is 1. The Kier molecular flexibility index (Phi) is 4.92. The van der Waals surface area contributed by atoms with Gasteiger partial charge in [0.25, 0.3) is 0 Å². The van der Waals surface area contributed by atoms with Gasteiger partial charge in [-0.05, 0) is 31.6 Å². The van der Waals surface area contributed by atoms with Gasteiger partial charge in [0.15, 0.2) is 0 Å². The quantitative estimate of drug-likeness (QED) is 0.766. The zero-order chi connectivity index (χ0) is 11.3. The fourth-order valence-corrected chi connectivity index (χ4v) is 2.13. The smallest absolute Gasteiger partial charge is 0.317 e. The molecule has 0 bridgehead atoms. The van der Waals surface area contributed by atoms with Gasteiger partial charge in [-0.1, -0.05) is 20.8 Å². The Morgan fingerprint density at radius 3 is 2.67 bits per heavy atom. The lowest BCUT2D eigenvalue weighted by atomic mass is 10.0. The second-order valence-corrected chi connectivity index (χ2v) is 4.66. The number of piperidine rings is 1. The summed E-state index contributed by atoms with van der Waals surface area (Å²) >= 11 is 0. The van der Waals surface area contributed by atoms with E-state index in [1.54, 1.807) is 0 Å². The normalized spacial score (nSPS) is 21.9. The van der Waals surface area contributed by atoms with E-state index < -0.39 is 0 Å². The van der Waals surface area contributed by atoms with Crippen LogP contribution in [0.1, 0.15) is 46.5 Å². The molecule has 3 nitrogen and oxygen atoms in total. The van der Waals surface area contributed by atoms with Gasteiger partial charge >= 0.3 is 6.03 Å². The van der Waals surface area contributed by atoms with E-state index in [1.807, 2.05) is 4.90 Å². The lowest BCUT2D eigenvalue weighted by molar-refractivity contribution is 0.165. The number of carbonyl (C=O) groups excluding carboxylic acids is 1. The van der Waals surface area contributed by atoms with Crippen LogP contribution in [0, 0.1) is 5.92 Å². The Balaban J connectivity index is 2.38. The number of likely N-dealkylation sites (tertiary alicyclic amines) is 1. The van der Waals surface area contributed by atoms with Crippen LogP contribution < -0.4 is 5.32 Å². The van der Waals surface area contributed by atoms with Crippen molar-refractivity contribution < 1.29 is 4.79 Å². The van der Waals surface area contributed by atoms with Crippen LogP contribution in [0.4, 0.5) is 4.79 Å². The van der Waals surface area contributed by atoms with Crippen LogP contribution >= 0.6 is 0 Å². The van der Waals surface area contributed by atoms with Gasteiger partial charge in [0.2, 0.25) is 0 Å². The second kappa shape index (κ2) is 5.99. The zero-order valence-electron chi connectivity index (χ0n) is 10.3.